The van der Waals surface area contributed by atoms with Crippen molar-refractivity contribution in [1.82, 2.24) is 47.3 Å². The number of hydrogen-bond donors (Lipinski definition) is 0. The zero-order chi connectivity index (χ0) is 107. The fraction of sp³-hybridized carbons (Fsp3) is 0.215. The Hall–Kier alpha value is -14.8. The van der Waals surface area contributed by atoms with Crippen LogP contribution in [-0.2, 0) is 66.1 Å². The Morgan fingerprint density at radius 1 is 0.295 bits per heavy atom. The van der Waals surface area contributed by atoms with Gasteiger partial charge in [0.15, 0.2) is 25.5 Å². The summed E-state index contributed by atoms with van der Waals surface area (Å²) in [6.07, 6.45) is 8.34. The van der Waals surface area contributed by atoms with Crippen LogP contribution in [-0.4, -0.2) is 47.3 Å². The summed E-state index contributed by atoms with van der Waals surface area (Å²) in [4.78, 5) is 21.2. The van der Waals surface area contributed by atoms with E-state index in [-0.39, 0.29) is 42.1 Å². The van der Waals surface area contributed by atoms with E-state index in [4.69, 9.17) is 28.2 Å². The molecule has 24 rings (SSSR count). The summed E-state index contributed by atoms with van der Waals surface area (Å²) in [5.41, 5.74) is 35.3. The quantitative estimate of drug-likeness (QED) is 0.0530. The van der Waals surface area contributed by atoms with Crippen LogP contribution in [0.1, 0.15) is 247 Å². The summed E-state index contributed by atoms with van der Waals surface area (Å²) < 4.78 is 68.9. The molecule has 0 amide bonds. The number of benzene rings is 10. The SMILES string of the molecule is CC(C)c1ccccc1-n1c(-c2cccc(C(C)(C)c3cccc(-c4[c-]c5ccccc5n4-c4ccccc4C(C)C)n3)n2)[c-]c2ccccc21.CC(C)c1ccccc1-n1cc[c-]c1-c1cccc(C(C)(C)c2cccc(-c3[c-]ccn3-c3ccccc3C(C)C)n2)n1.[2H]C(C)(C)c1cccc(C([2H])(C)C([2H])([2H])[2H])c1-n1c2c(c3ccccc31)C[n+]1ccccc1-2.[2H]C(C)(C)c1ccccc1-n1c2c(c3ccccc31)C[n+]1ccccc1-2.[Pt+2].[Pt+2]. The van der Waals surface area contributed by atoms with Gasteiger partial charge in [-0.05, 0) is 221 Å². The Morgan fingerprint density at radius 2 is 0.597 bits per heavy atom. The molecule has 12 nitrogen and oxygen atoms in total. The summed E-state index contributed by atoms with van der Waals surface area (Å²) in [7, 11) is 0. The van der Waals surface area contributed by atoms with Gasteiger partial charge >= 0.3 is 42.1 Å². The van der Waals surface area contributed by atoms with E-state index < -0.39 is 35.4 Å². The average Bonchev–Trinajstić information content (AvgIpc) is 1.55. The van der Waals surface area contributed by atoms with E-state index in [1.54, 1.807) is 26.0 Å². The van der Waals surface area contributed by atoms with Crippen LogP contribution in [0.2, 0.25) is 0 Å². The van der Waals surface area contributed by atoms with Crippen LogP contribution in [0, 0.1) is 24.3 Å². The van der Waals surface area contributed by atoms with E-state index in [2.05, 4.69) is 454 Å². The first kappa shape index (κ1) is 95.1. The van der Waals surface area contributed by atoms with Crippen LogP contribution < -0.4 is 9.13 Å². The van der Waals surface area contributed by atoms with Crippen molar-refractivity contribution in [2.75, 3.05) is 0 Å². The van der Waals surface area contributed by atoms with Gasteiger partial charge in [-0.3, -0.25) is 9.97 Å². The van der Waals surface area contributed by atoms with E-state index >= 15 is 0 Å². The molecule has 22 aromatic rings. The molecule has 0 fully saturated rings. The molecule has 0 spiro atoms. The van der Waals surface area contributed by atoms with Gasteiger partial charge in [-0.15, -0.1) is 47.2 Å². The molecule has 2 aliphatic rings. The third-order valence-corrected chi connectivity index (χ3v) is 29.2. The molecule has 2 aliphatic heterocycles. The average molecular weight is 2310 g/mol. The fourth-order valence-corrected chi connectivity index (χ4v) is 21.7. The standard InChI is InChI=1S/C47H42N4.C39H38N4.C26H27N2.C23H21N2.2Pt/c1-31(2)35-19-9-13-25-41(35)50-39-23-11-7-17-33(39)29-43(50)37-21-15-27-45(48-37)47(5,6)46-28-16-22-38(49-46)44-30-34-18-8-12-24-40(34)51(44)42-26-14-10-20-36(42)32(3)4;1-27(2)29-15-7-9-19-33(29)42-25-13-21-35(42)31-17-11-23-37(40-31)39(5,6)38-24-12-18-32(41-38)36-22-14-26-43(36)34-20-10-8-16-30(34)28(3)4;1-17(2)19-11-9-12-20(18(3)4)25(19)28-23-13-6-5-10-21(23)22-16-27-15-8-7-14-24(27)26(22)28;1-16(2)17-9-3-5-11-20(17)25-21-12-6-4-10-18(21)19-15-24-14-8-7-13-22(24)23(19)25;;/h7-28,31-32H,1-6H3;7-20,23-28H,1-6H3;5-15,17-18H,16H2,1-4H3;3-14,16H,15H2,1-2H3;;/q2*-2;2*+1;2*+2/i;;1D3,17D,18D;16D;;. The van der Waals surface area contributed by atoms with Gasteiger partial charge in [-0.1, -0.05) is 339 Å². The monoisotopic (exact) mass is 2310 g/mol. The normalized spacial score (nSPS) is 13.3. The zero-order valence-corrected chi connectivity index (χ0v) is 92.1. The molecule has 0 saturated heterocycles. The maximum atomic E-state index is 8.97. The molecule has 0 aliphatic carbocycles. The molecular weight excluding hydrogens is 2180 g/mol. The van der Waals surface area contributed by atoms with Gasteiger partial charge in [0.25, 0.3) is 0 Å². The number of fused-ring (bicyclic) bond motifs is 12. The summed E-state index contributed by atoms with van der Waals surface area (Å²) in [5.74, 6) is -1.99. The second kappa shape index (κ2) is 43.2. The molecule has 0 radical (unpaired) electrons. The minimum absolute atomic E-state index is 0. The van der Waals surface area contributed by atoms with Crippen molar-refractivity contribution in [3.63, 3.8) is 0 Å². The Labute approximate surface area is 915 Å². The zero-order valence-electron chi connectivity index (χ0n) is 93.6. The van der Waals surface area contributed by atoms with Crippen LogP contribution in [0.4, 0.5) is 0 Å². The first-order valence-electron chi connectivity index (χ1n) is 54.4. The van der Waals surface area contributed by atoms with Crippen LogP contribution >= 0.6 is 0 Å². The van der Waals surface area contributed by atoms with E-state index in [9.17, 15) is 0 Å². The summed E-state index contributed by atoms with van der Waals surface area (Å²) in [5, 5.41) is 4.53. The molecule has 746 valence electrons. The molecule has 1 unspecified atom stereocenters. The molecule has 14 heterocycles. The second-order valence-corrected chi connectivity index (χ2v) is 41.4. The third-order valence-electron chi connectivity index (χ3n) is 29.2. The van der Waals surface area contributed by atoms with Crippen LogP contribution in [0.25, 0.3) is 146 Å². The summed E-state index contributed by atoms with van der Waals surface area (Å²) >= 11 is 0. The van der Waals surface area contributed by atoms with Crippen molar-refractivity contribution in [2.24, 2.45) is 0 Å². The minimum Gasteiger partial charge on any atom is -0.391 e. The maximum absolute atomic E-state index is 8.97. The fourth-order valence-electron chi connectivity index (χ4n) is 21.7. The predicted octanol–water partition coefficient (Wildman–Crippen LogP) is 32.7. The number of pyridine rings is 6. The van der Waals surface area contributed by atoms with E-state index in [1.807, 2.05) is 74.6 Å². The smallest absolute Gasteiger partial charge is 0.391 e. The van der Waals surface area contributed by atoms with E-state index in [0.717, 1.165) is 160 Å². The van der Waals surface area contributed by atoms with Crippen LogP contribution in [0.5, 0.6) is 0 Å². The van der Waals surface area contributed by atoms with Crippen molar-refractivity contribution in [3.05, 3.63) is 480 Å². The summed E-state index contributed by atoms with van der Waals surface area (Å²) in [6, 6.07) is 138. The van der Waals surface area contributed by atoms with Gasteiger partial charge in [-0.2, -0.15) is 33.4 Å². The minimum atomic E-state index is -2.54. The Bertz CT molecular complexity index is 8660. The van der Waals surface area contributed by atoms with Crippen LogP contribution in [0.15, 0.2) is 383 Å². The Balaban J connectivity index is 0.000000132. The van der Waals surface area contributed by atoms with Crippen molar-refractivity contribution >= 4 is 43.6 Å². The molecule has 12 aromatic heterocycles. The van der Waals surface area contributed by atoms with Crippen LogP contribution in [0.3, 0.4) is 0 Å². The van der Waals surface area contributed by atoms with Gasteiger partial charge < -0.3 is 37.4 Å². The van der Waals surface area contributed by atoms with E-state index in [0.29, 0.717) is 40.5 Å². The molecule has 0 N–H and O–H groups in total. The largest absolute Gasteiger partial charge is 2.00 e. The molecule has 10 aromatic carbocycles. The first-order chi connectivity index (χ1) is 73.5. The second-order valence-electron chi connectivity index (χ2n) is 41.4. The molecule has 0 bridgehead atoms. The van der Waals surface area contributed by atoms with Gasteiger partial charge in [-0.25, -0.2) is 0 Å². The number of para-hydroxylation sites is 10. The van der Waals surface area contributed by atoms with Gasteiger partial charge in [0.2, 0.25) is 11.4 Å². The van der Waals surface area contributed by atoms with Gasteiger partial charge in [0, 0.05) is 117 Å². The first-order valence-corrected chi connectivity index (χ1v) is 51.4. The third kappa shape index (κ3) is 19.4. The van der Waals surface area contributed by atoms with Gasteiger partial charge in [0.05, 0.1) is 27.8 Å². The Morgan fingerprint density at radius 3 is 0.987 bits per heavy atom. The summed E-state index contributed by atoms with van der Waals surface area (Å²) in [6.45, 7) is 34.8. The number of rotatable bonds is 21. The molecular formula is C135H128N12Pt2+2. The predicted molar refractivity (Wildman–Crippen MR) is 605 cm³/mol. The van der Waals surface area contributed by atoms with Gasteiger partial charge in [0.1, 0.15) is 11.4 Å². The Kier molecular flexibility index (Phi) is 27.6. The molecule has 14 heteroatoms. The topological polar surface area (TPSA) is 88.9 Å². The molecule has 0 saturated carbocycles. The van der Waals surface area contributed by atoms with Crippen molar-refractivity contribution in [3.8, 4) is 102 Å². The van der Waals surface area contributed by atoms with Crippen molar-refractivity contribution in [2.45, 2.75) is 190 Å². The molecule has 1 atom stereocenters. The number of aromatic nitrogens is 12. The maximum Gasteiger partial charge on any atom is 2.00 e. The molecule has 149 heavy (non-hydrogen) atoms. The number of nitrogens with zero attached hydrogens (tertiary/aromatic N) is 12. The van der Waals surface area contributed by atoms with Crippen molar-refractivity contribution in [1.29, 1.82) is 0 Å². The number of hydrogen-bond acceptors (Lipinski definition) is 4. The van der Waals surface area contributed by atoms with Crippen molar-refractivity contribution < 1.29 is 59.5 Å². The van der Waals surface area contributed by atoms with E-state index in [1.165, 1.54) is 62.6 Å².